The minimum absolute atomic E-state index is 0.362. The van der Waals surface area contributed by atoms with Crippen LogP contribution in [0.25, 0.3) is 11.0 Å². The Kier molecular flexibility index (Phi) is 3.68. The molecule has 22 heavy (non-hydrogen) atoms. The van der Waals surface area contributed by atoms with E-state index < -0.39 is 11.5 Å². The van der Waals surface area contributed by atoms with Crippen molar-refractivity contribution in [3.8, 4) is 0 Å². The van der Waals surface area contributed by atoms with Crippen LogP contribution in [-0.4, -0.2) is 49.2 Å². The van der Waals surface area contributed by atoms with Gasteiger partial charge in [0.05, 0.1) is 16.6 Å². The van der Waals surface area contributed by atoms with Gasteiger partial charge in [0.15, 0.2) is 5.65 Å². The quantitative estimate of drug-likeness (QED) is 0.928. The zero-order valence-electron chi connectivity index (χ0n) is 13.6. The van der Waals surface area contributed by atoms with E-state index in [-0.39, 0.29) is 5.91 Å². The Morgan fingerprint density at radius 3 is 2.45 bits per heavy atom. The van der Waals surface area contributed by atoms with Crippen LogP contribution >= 0.6 is 0 Å². The molecule has 2 aromatic rings. The summed E-state index contributed by atoms with van der Waals surface area (Å²) in [5, 5.41) is 14.3. The minimum atomic E-state index is -1.31. The lowest BCUT2D eigenvalue weighted by Gasteiger charge is -2.31. The van der Waals surface area contributed by atoms with E-state index in [4.69, 9.17) is 0 Å². The smallest absolute Gasteiger partial charge is 0.329 e. The average molecular weight is 304 g/mol. The number of aliphatic carboxylic acids is 1. The van der Waals surface area contributed by atoms with Crippen molar-refractivity contribution in [2.24, 2.45) is 7.05 Å². The Labute approximate surface area is 128 Å². The number of carboxylic acids is 1. The number of rotatable bonds is 3. The molecular weight excluding hydrogens is 284 g/mol. The Morgan fingerprint density at radius 2 is 1.91 bits per heavy atom. The fraction of sp³-hybridized carbons (Fsp3) is 0.467. The van der Waals surface area contributed by atoms with Crippen molar-refractivity contribution in [1.82, 2.24) is 19.7 Å². The minimum Gasteiger partial charge on any atom is -0.480 e. The van der Waals surface area contributed by atoms with Crippen LogP contribution in [0.15, 0.2) is 6.07 Å². The van der Waals surface area contributed by atoms with Gasteiger partial charge in [0.1, 0.15) is 5.54 Å². The van der Waals surface area contributed by atoms with Crippen molar-refractivity contribution in [3.05, 3.63) is 23.0 Å². The number of aryl methyl sites for hydroxylation is 3. The maximum absolute atomic E-state index is 12.8. The second-order valence-corrected chi connectivity index (χ2v) is 5.95. The molecule has 2 heterocycles. The molecule has 0 radical (unpaired) electrons. The number of aromatic nitrogens is 3. The highest BCUT2D eigenvalue weighted by atomic mass is 16.4. The molecule has 7 heteroatoms. The SMILES string of the molecule is Cc1cc(C(=O)N(C)C(C)(C)C(=O)O)c2c(C)nn(C)c2n1. The summed E-state index contributed by atoms with van der Waals surface area (Å²) >= 11 is 0. The van der Waals surface area contributed by atoms with E-state index in [1.807, 2.05) is 0 Å². The Bertz CT molecular complexity index is 777. The summed E-state index contributed by atoms with van der Waals surface area (Å²) in [4.78, 5) is 29.8. The van der Waals surface area contributed by atoms with Crippen molar-refractivity contribution in [2.45, 2.75) is 33.2 Å². The first kappa shape index (κ1) is 15.9. The van der Waals surface area contributed by atoms with Gasteiger partial charge in [-0.25, -0.2) is 9.78 Å². The molecule has 0 bridgehead atoms. The van der Waals surface area contributed by atoms with Gasteiger partial charge in [-0.15, -0.1) is 0 Å². The summed E-state index contributed by atoms with van der Waals surface area (Å²) < 4.78 is 1.62. The van der Waals surface area contributed by atoms with Crippen molar-refractivity contribution < 1.29 is 14.7 Å². The van der Waals surface area contributed by atoms with Crippen molar-refractivity contribution in [2.75, 3.05) is 7.05 Å². The first-order valence-corrected chi connectivity index (χ1v) is 6.90. The molecule has 0 aromatic carbocycles. The predicted octanol–water partition coefficient (Wildman–Crippen LogP) is 1.52. The number of hydrogen-bond acceptors (Lipinski definition) is 4. The summed E-state index contributed by atoms with van der Waals surface area (Å²) in [6.07, 6.45) is 0. The largest absolute Gasteiger partial charge is 0.480 e. The fourth-order valence-electron chi connectivity index (χ4n) is 2.32. The molecular formula is C15H20N4O3. The Morgan fingerprint density at radius 1 is 1.32 bits per heavy atom. The summed E-state index contributed by atoms with van der Waals surface area (Å²) in [6.45, 7) is 6.59. The number of carboxylic acid groups (broad SMARTS) is 1. The standard InChI is InChI=1S/C15H20N4O3/c1-8-7-10(11-9(2)17-19(6)12(11)16-8)13(20)18(5)15(3,4)14(21)22/h7H,1-6H3,(H,21,22). The molecule has 1 N–H and O–H groups in total. The molecule has 0 fully saturated rings. The van der Waals surface area contributed by atoms with Crippen molar-refractivity contribution >= 4 is 22.9 Å². The molecule has 7 nitrogen and oxygen atoms in total. The molecule has 118 valence electrons. The molecule has 0 aliphatic carbocycles. The van der Waals surface area contributed by atoms with Gasteiger partial charge in [0, 0.05) is 19.8 Å². The normalized spacial score (nSPS) is 11.7. The summed E-state index contributed by atoms with van der Waals surface area (Å²) in [7, 11) is 3.25. The highest BCUT2D eigenvalue weighted by Gasteiger charge is 2.36. The van der Waals surface area contributed by atoms with E-state index in [0.29, 0.717) is 28.0 Å². The van der Waals surface area contributed by atoms with Gasteiger partial charge in [-0.3, -0.25) is 9.48 Å². The molecule has 0 saturated heterocycles. The number of likely N-dealkylation sites (N-methyl/N-ethyl adjacent to an activating group) is 1. The highest BCUT2D eigenvalue weighted by Crippen LogP contribution is 2.25. The topological polar surface area (TPSA) is 88.3 Å². The number of pyridine rings is 1. The third-order valence-corrected chi connectivity index (χ3v) is 3.99. The number of fused-ring (bicyclic) bond motifs is 1. The maximum atomic E-state index is 12.8. The highest BCUT2D eigenvalue weighted by molar-refractivity contribution is 6.07. The number of carbonyl (C=O) groups excluding carboxylic acids is 1. The van der Waals surface area contributed by atoms with E-state index in [1.165, 1.54) is 25.8 Å². The second kappa shape index (κ2) is 5.08. The summed E-state index contributed by atoms with van der Waals surface area (Å²) in [5.74, 6) is -1.42. The average Bonchev–Trinajstić information content (AvgIpc) is 2.71. The predicted molar refractivity (Wildman–Crippen MR) is 81.8 cm³/mol. The lowest BCUT2D eigenvalue weighted by atomic mass is 10.0. The molecule has 0 aliphatic heterocycles. The van der Waals surface area contributed by atoms with Gasteiger partial charge < -0.3 is 10.0 Å². The monoisotopic (exact) mass is 304 g/mol. The number of carbonyl (C=O) groups is 2. The van der Waals surface area contributed by atoms with Crippen molar-refractivity contribution in [1.29, 1.82) is 0 Å². The van der Waals surface area contributed by atoms with Crippen LogP contribution < -0.4 is 0 Å². The number of amides is 1. The van der Waals surface area contributed by atoms with Crippen LogP contribution in [0, 0.1) is 13.8 Å². The maximum Gasteiger partial charge on any atom is 0.329 e. The third kappa shape index (κ3) is 2.32. The molecule has 1 amide bonds. The van der Waals surface area contributed by atoms with Crippen LogP contribution in [0.4, 0.5) is 0 Å². The van der Waals surface area contributed by atoms with Gasteiger partial charge in [-0.05, 0) is 33.8 Å². The van der Waals surface area contributed by atoms with Gasteiger partial charge in [-0.2, -0.15) is 5.10 Å². The zero-order chi connectivity index (χ0) is 16.8. The van der Waals surface area contributed by atoms with Crippen LogP contribution in [0.5, 0.6) is 0 Å². The molecule has 2 rings (SSSR count). The molecule has 2 aromatic heterocycles. The summed E-state index contributed by atoms with van der Waals surface area (Å²) in [5.41, 5.74) is 1.10. The number of hydrogen-bond donors (Lipinski definition) is 1. The first-order valence-electron chi connectivity index (χ1n) is 6.90. The lowest BCUT2D eigenvalue weighted by Crippen LogP contribution is -2.50. The molecule has 0 unspecified atom stereocenters. The van der Waals surface area contributed by atoms with Gasteiger partial charge in [0.2, 0.25) is 0 Å². The molecule has 0 spiro atoms. The second-order valence-electron chi connectivity index (χ2n) is 5.95. The van der Waals surface area contributed by atoms with Gasteiger partial charge >= 0.3 is 5.97 Å². The van der Waals surface area contributed by atoms with Crippen molar-refractivity contribution in [3.63, 3.8) is 0 Å². The first-order chi connectivity index (χ1) is 10.1. The van der Waals surface area contributed by atoms with E-state index in [0.717, 1.165) is 0 Å². The van der Waals surface area contributed by atoms with Crippen LogP contribution in [0.2, 0.25) is 0 Å². The van der Waals surface area contributed by atoms with Gasteiger partial charge in [0.25, 0.3) is 5.91 Å². The zero-order valence-corrected chi connectivity index (χ0v) is 13.6. The van der Waals surface area contributed by atoms with E-state index in [9.17, 15) is 14.7 Å². The molecule has 0 atom stereocenters. The van der Waals surface area contributed by atoms with Crippen LogP contribution in [0.3, 0.4) is 0 Å². The third-order valence-electron chi connectivity index (χ3n) is 3.99. The van der Waals surface area contributed by atoms with E-state index in [1.54, 1.807) is 31.6 Å². The van der Waals surface area contributed by atoms with Crippen LogP contribution in [0.1, 0.15) is 35.6 Å². The Hall–Kier alpha value is -2.44. The van der Waals surface area contributed by atoms with E-state index >= 15 is 0 Å². The van der Waals surface area contributed by atoms with Gasteiger partial charge in [-0.1, -0.05) is 0 Å². The van der Waals surface area contributed by atoms with Crippen LogP contribution in [-0.2, 0) is 11.8 Å². The fourth-order valence-corrected chi connectivity index (χ4v) is 2.32. The molecule has 0 saturated carbocycles. The number of nitrogens with zero attached hydrogens (tertiary/aromatic N) is 4. The lowest BCUT2D eigenvalue weighted by molar-refractivity contribution is -0.147. The Balaban J connectivity index is 2.65. The summed E-state index contributed by atoms with van der Waals surface area (Å²) in [6, 6.07) is 1.67. The molecule has 0 aliphatic rings. The van der Waals surface area contributed by atoms with E-state index in [2.05, 4.69) is 10.1 Å².